The number of azo groups is 1. The first-order valence-electron chi connectivity index (χ1n) is 4.69. The van der Waals surface area contributed by atoms with E-state index < -0.39 is 6.17 Å². The minimum Gasteiger partial charge on any atom is -0.294 e. The molecular weight excluding hydrogens is 197 g/mol. The molecule has 1 heterocycles. The number of hydrogen-bond acceptors (Lipinski definition) is 2. The van der Waals surface area contributed by atoms with Crippen molar-refractivity contribution in [2.24, 2.45) is 10.2 Å². The van der Waals surface area contributed by atoms with Crippen LogP contribution in [0.15, 0.2) is 34.5 Å². The molecule has 2 rings (SSSR count). The normalized spacial score (nSPS) is 20.0. The van der Waals surface area contributed by atoms with E-state index in [4.69, 9.17) is 0 Å². The molecule has 1 aromatic carbocycles. The molecule has 1 atom stereocenters. The van der Waals surface area contributed by atoms with Gasteiger partial charge in [0.15, 0.2) is 6.17 Å². The van der Waals surface area contributed by atoms with Gasteiger partial charge in [-0.2, -0.15) is 5.11 Å². The Morgan fingerprint density at radius 3 is 3.00 bits per heavy atom. The van der Waals surface area contributed by atoms with Crippen molar-refractivity contribution in [2.75, 3.05) is 6.54 Å². The van der Waals surface area contributed by atoms with Crippen molar-refractivity contribution in [3.8, 4) is 0 Å². The molecule has 78 valence electrons. The second-order valence-electron chi connectivity index (χ2n) is 3.21. The molecule has 0 fully saturated rings. The quantitative estimate of drug-likeness (QED) is 0.735. The van der Waals surface area contributed by atoms with Crippen molar-refractivity contribution >= 4 is 6.03 Å². The van der Waals surface area contributed by atoms with Gasteiger partial charge in [0, 0.05) is 12.1 Å². The summed E-state index contributed by atoms with van der Waals surface area (Å²) >= 11 is 0. The Kier molecular flexibility index (Phi) is 2.45. The second kappa shape index (κ2) is 3.76. The van der Waals surface area contributed by atoms with Crippen LogP contribution in [-0.4, -0.2) is 17.5 Å². The molecule has 0 bridgehead atoms. The first kappa shape index (κ1) is 9.76. The lowest BCUT2D eigenvalue weighted by atomic mass is 10.1. The van der Waals surface area contributed by atoms with E-state index in [1.165, 1.54) is 17.0 Å². The Bertz CT molecular complexity index is 419. The number of urea groups is 1. The molecule has 0 N–H and O–H groups in total. The third kappa shape index (κ3) is 1.72. The summed E-state index contributed by atoms with van der Waals surface area (Å²) in [4.78, 5) is 12.7. The van der Waals surface area contributed by atoms with Crippen LogP contribution in [0.3, 0.4) is 0 Å². The van der Waals surface area contributed by atoms with E-state index in [9.17, 15) is 9.18 Å². The van der Waals surface area contributed by atoms with Crippen molar-refractivity contribution < 1.29 is 9.18 Å². The third-order valence-corrected chi connectivity index (χ3v) is 2.28. The number of carbonyl (C=O) groups excluding carboxylic acids is 1. The van der Waals surface area contributed by atoms with E-state index in [0.29, 0.717) is 12.1 Å². The lowest BCUT2D eigenvalue weighted by Gasteiger charge is -2.19. The number of hydrogen-bond donors (Lipinski definition) is 0. The molecule has 0 radical (unpaired) electrons. The van der Waals surface area contributed by atoms with Gasteiger partial charge in [-0.05, 0) is 19.1 Å². The Morgan fingerprint density at radius 2 is 2.33 bits per heavy atom. The molecule has 1 aliphatic heterocycles. The minimum absolute atomic E-state index is 0.335. The van der Waals surface area contributed by atoms with Crippen molar-refractivity contribution in [1.82, 2.24) is 4.90 Å². The van der Waals surface area contributed by atoms with Crippen LogP contribution in [0.2, 0.25) is 0 Å². The van der Waals surface area contributed by atoms with Crippen molar-refractivity contribution in [3.63, 3.8) is 0 Å². The van der Waals surface area contributed by atoms with E-state index in [2.05, 4.69) is 10.2 Å². The molecule has 4 nitrogen and oxygen atoms in total. The molecule has 1 aliphatic rings. The van der Waals surface area contributed by atoms with Crippen LogP contribution >= 0.6 is 0 Å². The van der Waals surface area contributed by atoms with Gasteiger partial charge in [-0.1, -0.05) is 17.2 Å². The average Bonchev–Trinajstić information content (AvgIpc) is 2.59. The maximum absolute atomic E-state index is 13.0. The monoisotopic (exact) mass is 207 g/mol. The van der Waals surface area contributed by atoms with Crippen molar-refractivity contribution in [2.45, 2.75) is 13.1 Å². The molecule has 1 unspecified atom stereocenters. The number of halogens is 1. The molecule has 0 aliphatic carbocycles. The van der Waals surface area contributed by atoms with Gasteiger partial charge >= 0.3 is 6.03 Å². The van der Waals surface area contributed by atoms with Crippen LogP contribution < -0.4 is 0 Å². The number of amides is 2. The summed E-state index contributed by atoms with van der Waals surface area (Å²) in [6, 6.07) is 5.68. The van der Waals surface area contributed by atoms with Crippen LogP contribution in [-0.2, 0) is 0 Å². The topological polar surface area (TPSA) is 45.0 Å². The zero-order chi connectivity index (χ0) is 10.8. The Balaban J connectivity index is 2.32. The molecule has 2 amide bonds. The predicted molar refractivity (Wildman–Crippen MR) is 51.8 cm³/mol. The second-order valence-corrected chi connectivity index (χ2v) is 3.21. The van der Waals surface area contributed by atoms with Gasteiger partial charge in [0.05, 0.1) is 0 Å². The SMILES string of the molecule is CCN1C(=O)N=NC1c1cccc(F)c1. The fourth-order valence-electron chi connectivity index (χ4n) is 1.55. The molecule has 0 saturated carbocycles. The van der Waals surface area contributed by atoms with Crippen molar-refractivity contribution in [3.05, 3.63) is 35.6 Å². The maximum Gasteiger partial charge on any atom is 0.363 e. The van der Waals surface area contributed by atoms with Gasteiger partial charge in [-0.15, -0.1) is 0 Å². The van der Waals surface area contributed by atoms with Crippen LogP contribution in [0.25, 0.3) is 0 Å². The van der Waals surface area contributed by atoms with E-state index in [0.717, 1.165) is 0 Å². The first-order chi connectivity index (χ1) is 7.22. The summed E-state index contributed by atoms with van der Waals surface area (Å²) in [7, 11) is 0. The fourth-order valence-corrected chi connectivity index (χ4v) is 1.55. The predicted octanol–water partition coefficient (Wildman–Crippen LogP) is 2.73. The zero-order valence-electron chi connectivity index (χ0n) is 8.22. The number of benzene rings is 1. The average molecular weight is 207 g/mol. The van der Waals surface area contributed by atoms with Gasteiger partial charge in [-0.25, -0.2) is 9.18 Å². The van der Waals surface area contributed by atoms with E-state index >= 15 is 0 Å². The van der Waals surface area contributed by atoms with E-state index in [-0.39, 0.29) is 11.8 Å². The van der Waals surface area contributed by atoms with E-state index in [1.807, 2.05) is 6.92 Å². The Hall–Kier alpha value is -1.78. The summed E-state index contributed by atoms with van der Waals surface area (Å²) in [5.41, 5.74) is 0.645. The summed E-state index contributed by atoms with van der Waals surface area (Å²) in [5.74, 6) is -0.335. The van der Waals surface area contributed by atoms with Gasteiger partial charge in [0.1, 0.15) is 5.82 Å². The smallest absolute Gasteiger partial charge is 0.294 e. The van der Waals surface area contributed by atoms with Crippen LogP contribution in [0, 0.1) is 5.82 Å². The molecular formula is C10H10FN3O. The largest absolute Gasteiger partial charge is 0.363 e. The highest BCUT2D eigenvalue weighted by molar-refractivity contribution is 5.76. The Labute approximate surface area is 86.4 Å². The molecule has 1 aromatic rings. The summed E-state index contributed by atoms with van der Waals surface area (Å²) in [5, 5.41) is 7.28. The molecule has 0 saturated heterocycles. The van der Waals surface area contributed by atoms with Crippen LogP contribution in [0.4, 0.5) is 9.18 Å². The number of rotatable bonds is 2. The van der Waals surface area contributed by atoms with Gasteiger partial charge in [0.25, 0.3) is 0 Å². The summed E-state index contributed by atoms with van der Waals surface area (Å²) in [6.07, 6.45) is -0.474. The standard InChI is InChI=1S/C10H10FN3O/c1-2-14-9(12-13-10(14)15)7-4-3-5-8(11)6-7/h3-6,9H,2H2,1H3. The highest BCUT2D eigenvalue weighted by atomic mass is 19.1. The highest BCUT2D eigenvalue weighted by Gasteiger charge is 2.29. The molecule has 5 heteroatoms. The van der Waals surface area contributed by atoms with Crippen LogP contribution in [0.5, 0.6) is 0 Å². The van der Waals surface area contributed by atoms with E-state index in [1.54, 1.807) is 12.1 Å². The third-order valence-electron chi connectivity index (χ3n) is 2.28. The molecule has 0 spiro atoms. The lowest BCUT2D eigenvalue weighted by Crippen LogP contribution is -2.27. The van der Waals surface area contributed by atoms with Gasteiger partial charge in [0.2, 0.25) is 0 Å². The minimum atomic E-state index is -0.474. The fraction of sp³-hybridized carbons (Fsp3) is 0.300. The molecule has 0 aromatic heterocycles. The van der Waals surface area contributed by atoms with Gasteiger partial charge in [-0.3, -0.25) is 4.90 Å². The Morgan fingerprint density at radius 1 is 1.53 bits per heavy atom. The van der Waals surface area contributed by atoms with Crippen molar-refractivity contribution in [1.29, 1.82) is 0 Å². The zero-order valence-corrected chi connectivity index (χ0v) is 8.22. The summed E-state index contributed by atoms with van der Waals surface area (Å²) in [6.45, 7) is 2.34. The molecule has 15 heavy (non-hydrogen) atoms. The van der Waals surface area contributed by atoms with Gasteiger partial charge < -0.3 is 0 Å². The first-order valence-corrected chi connectivity index (χ1v) is 4.69. The maximum atomic E-state index is 13.0. The lowest BCUT2D eigenvalue weighted by molar-refractivity contribution is 0.205. The number of nitrogens with zero attached hydrogens (tertiary/aromatic N) is 3. The van der Waals surface area contributed by atoms with Crippen LogP contribution in [0.1, 0.15) is 18.7 Å². The number of carbonyl (C=O) groups is 1. The summed E-state index contributed by atoms with van der Waals surface area (Å²) < 4.78 is 13.0. The highest BCUT2D eigenvalue weighted by Crippen LogP contribution is 2.28.